The average molecular weight is 382 g/mol. The first-order valence-corrected chi connectivity index (χ1v) is 9.74. The fourth-order valence-electron chi connectivity index (χ4n) is 3.24. The van der Waals surface area contributed by atoms with Crippen LogP contribution in [0.15, 0.2) is 53.6 Å². The number of rotatable bonds is 6. The van der Waals surface area contributed by atoms with E-state index in [4.69, 9.17) is 10.3 Å². The summed E-state index contributed by atoms with van der Waals surface area (Å²) >= 11 is 1.36. The summed E-state index contributed by atoms with van der Waals surface area (Å²) < 4.78 is 5.40. The highest BCUT2D eigenvalue weighted by molar-refractivity contribution is 7.98. The van der Waals surface area contributed by atoms with E-state index in [0.717, 1.165) is 22.3 Å². The highest BCUT2D eigenvalue weighted by atomic mass is 32.2. The molecule has 0 aromatic heterocycles. The zero-order valence-corrected chi connectivity index (χ0v) is 15.5. The van der Waals surface area contributed by atoms with E-state index >= 15 is 0 Å². The molecule has 0 spiro atoms. The lowest BCUT2D eigenvalue weighted by atomic mass is 9.98. The molecule has 0 saturated carbocycles. The lowest BCUT2D eigenvalue weighted by molar-refractivity contribution is -0.119. The van der Waals surface area contributed by atoms with Gasteiger partial charge in [0.1, 0.15) is 12.6 Å². The molecule has 8 heteroatoms. The number of hydrogen-bond acceptors (Lipinski definition) is 4. The summed E-state index contributed by atoms with van der Waals surface area (Å²) in [4.78, 5) is 26.4. The maximum Gasteiger partial charge on any atom is 0.407 e. The molecule has 0 unspecified atom stereocenters. The zero-order valence-electron chi connectivity index (χ0n) is 14.7. The Morgan fingerprint density at radius 2 is 1.78 bits per heavy atom. The van der Waals surface area contributed by atoms with Gasteiger partial charge in [-0.3, -0.25) is 4.79 Å². The van der Waals surface area contributed by atoms with E-state index in [1.807, 2.05) is 36.4 Å². The molecule has 3 rings (SSSR count). The van der Waals surface area contributed by atoms with E-state index in [9.17, 15) is 9.59 Å². The van der Waals surface area contributed by atoms with Gasteiger partial charge in [-0.05, 0) is 39.2 Å². The summed E-state index contributed by atoms with van der Waals surface area (Å²) in [6, 6.07) is 15.2. The second-order valence-electron chi connectivity index (χ2n) is 6.01. The van der Waals surface area contributed by atoms with Gasteiger partial charge in [0, 0.05) is 16.6 Å². The molecular weight excluding hydrogens is 364 g/mol. The van der Waals surface area contributed by atoms with Crippen LogP contribution in [0, 0.1) is 0 Å². The summed E-state index contributed by atoms with van der Waals surface area (Å²) in [6.45, 7) is 0.154. The molecular formula is C19H18N4O3S. The van der Waals surface area contributed by atoms with Crippen LogP contribution in [0.1, 0.15) is 17.0 Å². The Morgan fingerprint density at radius 3 is 2.33 bits per heavy atom. The van der Waals surface area contributed by atoms with Crippen LogP contribution >= 0.6 is 11.8 Å². The smallest absolute Gasteiger partial charge is 0.407 e. The molecule has 2 amide bonds. The normalized spacial score (nSPS) is 13.1. The molecule has 0 bridgehead atoms. The lowest BCUT2D eigenvalue weighted by Crippen LogP contribution is -2.42. The predicted octanol–water partition coefficient (Wildman–Crippen LogP) is 4.09. The molecule has 1 aliphatic rings. The van der Waals surface area contributed by atoms with Crippen molar-refractivity contribution in [1.82, 2.24) is 5.32 Å². The number of amides is 2. The number of carbonyl (C=O) groups is 2. The molecule has 0 fully saturated rings. The van der Waals surface area contributed by atoms with E-state index in [1.54, 1.807) is 6.26 Å². The second-order valence-corrected chi connectivity index (χ2v) is 6.92. The van der Waals surface area contributed by atoms with Crippen molar-refractivity contribution < 1.29 is 14.3 Å². The van der Waals surface area contributed by atoms with E-state index in [2.05, 4.69) is 27.5 Å². The first kappa shape index (κ1) is 18.8. The minimum absolute atomic E-state index is 0.0602. The Kier molecular flexibility index (Phi) is 6.01. The Balaban J connectivity index is 1.70. The molecule has 7 nitrogen and oxygen atoms in total. The molecule has 2 aromatic carbocycles. The van der Waals surface area contributed by atoms with Crippen molar-refractivity contribution in [2.45, 2.75) is 12.0 Å². The van der Waals surface area contributed by atoms with Gasteiger partial charge in [-0.15, -0.1) is 0 Å². The molecule has 0 aliphatic heterocycles. The first-order valence-electron chi connectivity index (χ1n) is 8.35. The van der Waals surface area contributed by atoms with E-state index in [0.29, 0.717) is 5.75 Å². The van der Waals surface area contributed by atoms with Crippen LogP contribution in [-0.4, -0.2) is 36.7 Å². The highest BCUT2D eigenvalue weighted by Gasteiger charge is 2.29. The zero-order chi connectivity index (χ0) is 19.2. The van der Waals surface area contributed by atoms with Crippen molar-refractivity contribution in [3.05, 3.63) is 70.1 Å². The third-order valence-electron chi connectivity index (χ3n) is 4.41. The summed E-state index contributed by atoms with van der Waals surface area (Å²) in [5.41, 5.74) is 12.9. The van der Waals surface area contributed by atoms with Crippen molar-refractivity contribution in [3.8, 4) is 11.1 Å². The minimum atomic E-state index is -0.911. The van der Waals surface area contributed by atoms with Gasteiger partial charge in [0.2, 0.25) is 5.91 Å². The number of benzene rings is 2. The Labute approximate surface area is 160 Å². The van der Waals surface area contributed by atoms with Crippen LogP contribution in [-0.2, 0) is 9.53 Å². The van der Waals surface area contributed by atoms with Crippen molar-refractivity contribution >= 4 is 23.8 Å². The number of ether oxygens (including phenoxy) is 1. The molecule has 2 aromatic rings. The van der Waals surface area contributed by atoms with Gasteiger partial charge in [0.15, 0.2) is 0 Å². The largest absolute Gasteiger partial charge is 0.449 e. The van der Waals surface area contributed by atoms with Crippen molar-refractivity contribution in [2.24, 2.45) is 5.11 Å². The SMILES string of the molecule is CSC[C@H](NC(=O)OCC1c2ccccc2-c2ccccc21)C(=O)N=[N+]=[N-]. The van der Waals surface area contributed by atoms with Crippen LogP contribution in [0.2, 0.25) is 0 Å². The molecule has 0 radical (unpaired) electrons. The first-order chi connectivity index (χ1) is 13.2. The van der Waals surface area contributed by atoms with E-state index < -0.39 is 18.0 Å². The summed E-state index contributed by atoms with van der Waals surface area (Å²) in [5, 5.41) is 5.53. The van der Waals surface area contributed by atoms with E-state index in [1.165, 1.54) is 11.8 Å². The highest BCUT2D eigenvalue weighted by Crippen LogP contribution is 2.44. The molecule has 0 heterocycles. The van der Waals surface area contributed by atoms with Crippen molar-refractivity contribution in [2.75, 3.05) is 18.6 Å². The Hall–Kier alpha value is -2.96. The molecule has 27 heavy (non-hydrogen) atoms. The number of carbonyl (C=O) groups excluding carboxylic acids is 2. The number of nitrogens with zero attached hydrogens (tertiary/aromatic N) is 3. The van der Waals surface area contributed by atoms with Gasteiger partial charge in [-0.25, -0.2) is 4.79 Å². The fourth-order valence-corrected chi connectivity index (χ4v) is 3.80. The number of nitrogens with one attached hydrogen (secondary N) is 1. The monoisotopic (exact) mass is 382 g/mol. The summed E-state index contributed by atoms with van der Waals surface area (Å²) in [7, 11) is 0. The molecule has 0 saturated heterocycles. The molecule has 138 valence electrons. The minimum Gasteiger partial charge on any atom is -0.449 e. The Morgan fingerprint density at radius 1 is 1.19 bits per heavy atom. The van der Waals surface area contributed by atoms with Gasteiger partial charge in [0.05, 0.1) is 0 Å². The maximum atomic E-state index is 12.2. The number of hydrogen-bond donors (Lipinski definition) is 1. The van der Waals surface area contributed by atoms with Gasteiger partial charge in [0.25, 0.3) is 0 Å². The fraction of sp³-hybridized carbons (Fsp3) is 0.263. The van der Waals surface area contributed by atoms with Crippen molar-refractivity contribution in [3.63, 3.8) is 0 Å². The molecule has 1 atom stereocenters. The predicted molar refractivity (Wildman–Crippen MR) is 105 cm³/mol. The topological polar surface area (TPSA) is 104 Å². The van der Waals surface area contributed by atoms with Gasteiger partial charge >= 0.3 is 6.09 Å². The number of fused-ring (bicyclic) bond motifs is 3. The van der Waals surface area contributed by atoms with Crippen LogP contribution in [0.25, 0.3) is 21.6 Å². The third-order valence-corrected chi connectivity index (χ3v) is 5.08. The quantitative estimate of drug-likeness (QED) is 0.461. The number of alkyl carbamates (subject to hydrolysis) is 1. The van der Waals surface area contributed by atoms with E-state index in [-0.39, 0.29) is 12.5 Å². The van der Waals surface area contributed by atoms with Gasteiger partial charge in [-0.1, -0.05) is 48.5 Å². The summed E-state index contributed by atoms with van der Waals surface area (Å²) in [5.74, 6) is -0.502. The second kappa shape index (κ2) is 8.62. The standard InChI is InChI=1S/C19H18N4O3S/c1-27-11-17(18(24)22-23-20)21-19(25)26-10-16-14-8-4-2-6-12(14)13-7-3-5-9-15(13)16/h2-9,16-17H,10-11H2,1H3,(H,21,25)/t17-/m0/s1. The molecule has 1 N–H and O–H groups in total. The van der Waals surface area contributed by atoms with Gasteiger partial charge < -0.3 is 10.1 Å². The number of thioether (sulfide) groups is 1. The lowest BCUT2D eigenvalue weighted by Gasteiger charge is -2.17. The van der Waals surface area contributed by atoms with Crippen LogP contribution in [0.5, 0.6) is 0 Å². The van der Waals surface area contributed by atoms with Crippen LogP contribution < -0.4 is 5.32 Å². The van der Waals surface area contributed by atoms with Crippen LogP contribution in [0.3, 0.4) is 0 Å². The maximum absolute atomic E-state index is 12.2. The molecule has 1 aliphatic carbocycles. The average Bonchev–Trinajstić information content (AvgIpc) is 3.00. The number of azide groups is 1. The van der Waals surface area contributed by atoms with Gasteiger partial charge in [-0.2, -0.15) is 11.8 Å². The third kappa shape index (κ3) is 4.07. The summed E-state index contributed by atoms with van der Waals surface area (Å²) in [6.07, 6.45) is 1.08. The Bertz CT molecular complexity index is 866. The van der Waals surface area contributed by atoms with Crippen molar-refractivity contribution in [1.29, 1.82) is 0 Å². The van der Waals surface area contributed by atoms with Crippen LogP contribution in [0.4, 0.5) is 4.79 Å².